The summed E-state index contributed by atoms with van der Waals surface area (Å²) in [5.74, 6) is 0. The van der Waals surface area contributed by atoms with Crippen LogP contribution in [0, 0.1) is 6.92 Å². The van der Waals surface area contributed by atoms with Gasteiger partial charge in [0, 0.05) is 17.6 Å². The highest BCUT2D eigenvalue weighted by Gasteiger charge is 2.14. The number of aryl methyl sites for hydroxylation is 1. The second kappa shape index (κ2) is 3.22. The summed E-state index contributed by atoms with van der Waals surface area (Å²) < 4.78 is 7.59. The van der Waals surface area contributed by atoms with Gasteiger partial charge in [-0.05, 0) is 24.6 Å². The first-order valence-electron chi connectivity index (χ1n) is 4.99. The summed E-state index contributed by atoms with van der Waals surface area (Å²) in [4.78, 5) is 4.42. The van der Waals surface area contributed by atoms with Crippen LogP contribution in [-0.4, -0.2) is 16.2 Å². The Labute approximate surface area is 92.6 Å². The van der Waals surface area contributed by atoms with Gasteiger partial charge in [-0.15, -0.1) is 0 Å². The van der Waals surface area contributed by atoms with Crippen LogP contribution in [0.5, 0.6) is 0 Å². The van der Waals surface area contributed by atoms with E-state index in [4.69, 9.17) is 16.3 Å². The zero-order chi connectivity index (χ0) is 10.4. The Balaban J connectivity index is 2.33. The van der Waals surface area contributed by atoms with Crippen LogP contribution < -0.4 is 0 Å². The molecule has 0 fully saturated rings. The van der Waals surface area contributed by atoms with Gasteiger partial charge in [0.15, 0.2) is 0 Å². The van der Waals surface area contributed by atoms with Crippen molar-refractivity contribution in [1.29, 1.82) is 0 Å². The standard InChI is InChI=1S/C11H11ClN2O/c1-7-4-8-5-9-6-15-3-2-14(9)11(8)13-10(7)12/h4-5H,2-3,6H2,1H3. The van der Waals surface area contributed by atoms with E-state index in [2.05, 4.69) is 21.7 Å². The number of hydrogen-bond acceptors (Lipinski definition) is 2. The Kier molecular flexibility index (Phi) is 1.97. The summed E-state index contributed by atoms with van der Waals surface area (Å²) in [6.07, 6.45) is 0. The molecule has 0 radical (unpaired) electrons. The zero-order valence-electron chi connectivity index (χ0n) is 8.46. The van der Waals surface area contributed by atoms with Gasteiger partial charge in [0.1, 0.15) is 10.8 Å². The number of nitrogens with zero attached hydrogens (tertiary/aromatic N) is 2. The Hall–Kier alpha value is -1.06. The highest BCUT2D eigenvalue weighted by molar-refractivity contribution is 6.30. The quantitative estimate of drug-likeness (QED) is 0.641. The average Bonchev–Trinajstić information content (AvgIpc) is 2.57. The first-order chi connectivity index (χ1) is 7.25. The van der Waals surface area contributed by atoms with Gasteiger partial charge >= 0.3 is 0 Å². The van der Waals surface area contributed by atoms with Crippen LogP contribution in [0.2, 0.25) is 5.15 Å². The fourth-order valence-electron chi connectivity index (χ4n) is 2.02. The van der Waals surface area contributed by atoms with Crippen molar-refractivity contribution in [1.82, 2.24) is 9.55 Å². The van der Waals surface area contributed by atoms with Gasteiger partial charge in [-0.2, -0.15) is 0 Å². The molecule has 0 unspecified atom stereocenters. The predicted octanol–water partition coefficient (Wildman–Crippen LogP) is 2.53. The molecular weight excluding hydrogens is 212 g/mol. The Morgan fingerprint density at radius 2 is 2.33 bits per heavy atom. The van der Waals surface area contributed by atoms with Crippen molar-refractivity contribution in [2.24, 2.45) is 0 Å². The van der Waals surface area contributed by atoms with Gasteiger partial charge in [-0.25, -0.2) is 4.98 Å². The number of hydrogen-bond donors (Lipinski definition) is 0. The molecule has 4 heteroatoms. The lowest BCUT2D eigenvalue weighted by molar-refractivity contribution is 0.0863. The van der Waals surface area contributed by atoms with Crippen molar-refractivity contribution < 1.29 is 4.74 Å². The third-order valence-corrected chi connectivity index (χ3v) is 3.18. The minimum Gasteiger partial charge on any atom is -0.373 e. The number of halogens is 1. The molecule has 78 valence electrons. The monoisotopic (exact) mass is 222 g/mol. The fourth-order valence-corrected chi connectivity index (χ4v) is 2.16. The highest BCUT2D eigenvalue weighted by atomic mass is 35.5. The molecule has 1 aliphatic heterocycles. The lowest BCUT2D eigenvalue weighted by Crippen LogP contribution is -2.16. The molecule has 2 aromatic rings. The van der Waals surface area contributed by atoms with Crippen molar-refractivity contribution in [2.75, 3.05) is 6.61 Å². The van der Waals surface area contributed by atoms with Gasteiger partial charge in [0.25, 0.3) is 0 Å². The maximum absolute atomic E-state index is 6.03. The molecule has 0 amide bonds. The minimum atomic E-state index is 0.592. The summed E-state index contributed by atoms with van der Waals surface area (Å²) in [5.41, 5.74) is 3.18. The molecule has 3 nitrogen and oxygen atoms in total. The van der Waals surface area contributed by atoms with Crippen LogP contribution in [0.3, 0.4) is 0 Å². The van der Waals surface area contributed by atoms with Crippen molar-refractivity contribution in [3.8, 4) is 0 Å². The predicted molar refractivity (Wildman–Crippen MR) is 59.1 cm³/mol. The Morgan fingerprint density at radius 3 is 3.20 bits per heavy atom. The summed E-state index contributed by atoms with van der Waals surface area (Å²) in [7, 11) is 0. The SMILES string of the molecule is Cc1cc2cc3n(c2nc1Cl)CCOC3. The largest absolute Gasteiger partial charge is 0.373 e. The van der Waals surface area contributed by atoms with Crippen LogP contribution in [0.25, 0.3) is 11.0 Å². The maximum atomic E-state index is 6.03. The Bertz CT molecular complexity index is 533. The van der Waals surface area contributed by atoms with Crippen molar-refractivity contribution >= 4 is 22.6 Å². The molecule has 0 bridgehead atoms. The summed E-state index contributed by atoms with van der Waals surface area (Å²) in [6.45, 7) is 4.27. The van der Waals surface area contributed by atoms with Crippen LogP contribution in [0.4, 0.5) is 0 Å². The van der Waals surface area contributed by atoms with Gasteiger partial charge in [0.2, 0.25) is 0 Å². The fraction of sp³-hybridized carbons (Fsp3) is 0.364. The van der Waals surface area contributed by atoms with Crippen LogP contribution in [-0.2, 0) is 17.9 Å². The molecular formula is C11H11ClN2O. The van der Waals surface area contributed by atoms with E-state index in [1.165, 1.54) is 5.69 Å². The molecule has 0 saturated heterocycles. The lowest BCUT2D eigenvalue weighted by atomic mass is 10.2. The smallest absolute Gasteiger partial charge is 0.142 e. The summed E-state index contributed by atoms with van der Waals surface area (Å²) >= 11 is 6.03. The molecule has 0 atom stereocenters. The third kappa shape index (κ3) is 1.34. The van der Waals surface area contributed by atoms with E-state index in [1.807, 2.05) is 6.92 Å². The van der Waals surface area contributed by atoms with Crippen molar-refractivity contribution in [3.05, 3.63) is 28.5 Å². The second-order valence-corrected chi connectivity index (χ2v) is 4.21. The summed E-state index contributed by atoms with van der Waals surface area (Å²) in [5, 5.41) is 1.74. The Morgan fingerprint density at radius 1 is 1.47 bits per heavy atom. The van der Waals surface area contributed by atoms with E-state index in [-0.39, 0.29) is 0 Å². The zero-order valence-corrected chi connectivity index (χ0v) is 9.21. The maximum Gasteiger partial charge on any atom is 0.142 e. The number of aromatic nitrogens is 2. The van der Waals surface area contributed by atoms with Crippen LogP contribution in [0.15, 0.2) is 12.1 Å². The number of pyridine rings is 1. The van der Waals surface area contributed by atoms with E-state index in [9.17, 15) is 0 Å². The second-order valence-electron chi connectivity index (χ2n) is 3.85. The first-order valence-corrected chi connectivity index (χ1v) is 5.36. The van der Waals surface area contributed by atoms with Crippen LogP contribution >= 0.6 is 11.6 Å². The lowest BCUT2D eigenvalue weighted by Gasteiger charge is -2.15. The molecule has 0 aliphatic carbocycles. The average molecular weight is 223 g/mol. The topological polar surface area (TPSA) is 27.1 Å². The number of rotatable bonds is 0. The van der Waals surface area contributed by atoms with E-state index >= 15 is 0 Å². The van der Waals surface area contributed by atoms with Crippen molar-refractivity contribution in [2.45, 2.75) is 20.1 Å². The van der Waals surface area contributed by atoms with E-state index < -0.39 is 0 Å². The molecule has 2 aromatic heterocycles. The molecule has 3 rings (SSSR count). The van der Waals surface area contributed by atoms with Gasteiger partial charge in [-0.3, -0.25) is 0 Å². The molecule has 0 aromatic carbocycles. The highest BCUT2D eigenvalue weighted by Crippen LogP contribution is 2.25. The number of fused-ring (bicyclic) bond motifs is 3. The minimum absolute atomic E-state index is 0.592. The summed E-state index contributed by atoms with van der Waals surface area (Å²) in [6, 6.07) is 4.21. The van der Waals surface area contributed by atoms with Gasteiger partial charge in [0.05, 0.1) is 13.2 Å². The molecule has 0 N–H and O–H groups in total. The van der Waals surface area contributed by atoms with E-state index in [1.54, 1.807) is 0 Å². The van der Waals surface area contributed by atoms with Crippen LogP contribution in [0.1, 0.15) is 11.3 Å². The van der Waals surface area contributed by atoms with Gasteiger partial charge < -0.3 is 9.30 Å². The van der Waals surface area contributed by atoms with Gasteiger partial charge in [-0.1, -0.05) is 11.6 Å². The van der Waals surface area contributed by atoms with E-state index in [0.717, 1.165) is 29.7 Å². The third-order valence-electron chi connectivity index (χ3n) is 2.79. The van der Waals surface area contributed by atoms with Crippen molar-refractivity contribution in [3.63, 3.8) is 0 Å². The number of ether oxygens (including phenoxy) is 1. The molecule has 1 aliphatic rings. The molecule has 0 saturated carbocycles. The first kappa shape index (κ1) is 9.19. The molecule has 0 spiro atoms. The van der Waals surface area contributed by atoms with E-state index in [0.29, 0.717) is 11.8 Å². The molecule has 3 heterocycles. The molecule has 15 heavy (non-hydrogen) atoms. The normalized spacial score (nSPS) is 15.6.